The lowest BCUT2D eigenvalue weighted by atomic mass is 10.00. The number of amides is 3. The van der Waals surface area contributed by atoms with Crippen LogP contribution in [0.4, 0.5) is 10.5 Å². The number of aliphatic imine (C=N–C) groups is 1. The SMILES string of the molecule is C[C@H](C(=O)N=C1C=C(C2CC2)N=N1)c1ccc(N2CCNC2=O)cc1. The second-order valence-electron chi connectivity index (χ2n) is 6.55. The van der Waals surface area contributed by atoms with Crippen LogP contribution in [0.3, 0.4) is 0 Å². The zero-order valence-corrected chi connectivity index (χ0v) is 14.0. The van der Waals surface area contributed by atoms with Gasteiger partial charge in [-0.25, -0.2) is 4.79 Å². The number of urea groups is 1. The summed E-state index contributed by atoms with van der Waals surface area (Å²) in [4.78, 5) is 29.9. The molecule has 1 atom stereocenters. The maximum atomic E-state index is 12.4. The Bertz CT molecular complexity index is 805. The van der Waals surface area contributed by atoms with E-state index in [2.05, 4.69) is 20.5 Å². The highest BCUT2D eigenvalue weighted by molar-refractivity contribution is 6.04. The van der Waals surface area contributed by atoms with Gasteiger partial charge in [0.05, 0.1) is 11.6 Å². The van der Waals surface area contributed by atoms with E-state index in [1.54, 1.807) is 11.0 Å². The second-order valence-corrected chi connectivity index (χ2v) is 6.55. The van der Waals surface area contributed by atoms with Crippen LogP contribution in [0.5, 0.6) is 0 Å². The molecule has 0 bridgehead atoms. The third-order valence-corrected chi connectivity index (χ3v) is 4.70. The van der Waals surface area contributed by atoms with Crippen molar-refractivity contribution in [3.05, 3.63) is 41.6 Å². The normalized spacial score (nSPS) is 22.3. The minimum absolute atomic E-state index is 0.0897. The van der Waals surface area contributed by atoms with Crippen molar-refractivity contribution in [1.82, 2.24) is 5.32 Å². The van der Waals surface area contributed by atoms with Crippen molar-refractivity contribution in [3.8, 4) is 0 Å². The molecule has 2 heterocycles. The molecule has 1 aliphatic carbocycles. The summed E-state index contributed by atoms with van der Waals surface area (Å²) < 4.78 is 0. The maximum Gasteiger partial charge on any atom is 0.321 e. The average Bonchev–Trinajstić information content (AvgIpc) is 3.22. The first-order chi connectivity index (χ1) is 12.1. The fourth-order valence-corrected chi connectivity index (χ4v) is 2.95. The number of rotatable bonds is 4. The number of anilines is 1. The van der Waals surface area contributed by atoms with E-state index in [-0.39, 0.29) is 17.9 Å². The third-order valence-electron chi connectivity index (χ3n) is 4.70. The number of azo groups is 1. The van der Waals surface area contributed by atoms with Crippen LogP contribution in [-0.2, 0) is 4.79 Å². The van der Waals surface area contributed by atoms with Gasteiger partial charge in [-0.2, -0.15) is 10.1 Å². The molecular weight excluding hydrogens is 318 g/mol. The zero-order chi connectivity index (χ0) is 17.4. The highest BCUT2D eigenvalue weighted by Gasteiger charge is 2.29. The number of hydrogen-bond donors (Lipinski definition) is 1. The Hall–Kier alpha value is -2.83. The first-order valence-electron chi connectivity index (χ1n) is 8.53. The van der Waals surface area contributed by atoms with Gasteiger partial charge in [0.15, 0.2) is 5.84 Å². The Labute approximate surface area is 145 Å². The van der Waals surface area contributed by atoms with E-state index in [9.17, 15) is 9.59 Å². The molecule has 1 N–H and O–H groups in total. The molecular formula is C18H19N5O2. The summed E-state index contributed by atoms with van der Waals surface area (Å²) in [5.41, 5.74) is 2.62. The highest BCUT2D eigenvalue weighted by Crippen LogP contribution is 2.38. The van der Waals surface area contributed by atoms with Gasteiger partial charge in [0, 0.05) is 30.8 Å². The smallest absolute Gasteiger partial charge is 0.321 e. The summed E-state index contributed by atoms with van der Waals surface area (Å²) in [6.07, 6.45) is 4.09. The maximum absolute atomic E-state index is 12.4. The van der Waals surface area contributed by atoms with Crippen LogP contribution in [0.2, 0.25) is 0 Å². The van der Waals surface area contributed by atoms with Gasteiger partial charge in [0.1, 0.15) is 0 Å². The number of nitrogens with one attached hydrogen (secondary N) is 1. The molecule has 0 unspecified atom stereocenters. The number of carbonyl (C=O) groups is 2. The summed E-state index contributed by atoms with van der Waals surface area (Å²) in [5.74, 6) is 0.278. The molecule has 2 fully saturated rings. The Morgan fingerprint density at radius 3 is 2.68 bits per heavy atom. The van der Waals surface area contributed by atoms with E-state index in [1.807, 2.05) is 31.2 Å². The van der Waals surface area contributed by atoms with Crippen molar-refractivity contribution in [3.63, 3.8) is 0 Å². The zero-order valence-electron chi connectivity index (χ0n) is 14.0. The van der Waals surface area contributed by atoms with Gasteiger partial charge < -0.3 is 5.32 Å². The molecule has 128 valence electrons. The molecule has 1 aromatic carbocycles. The number of allylic oxidation sites excluding steroid dienone is 1. The highest BCUT2D eigenvalue weighted by atomic mass is 16.2. The Morgan fingerprint density at radius 1 is 1.28 bits per heavy atom. The first-order valence-corrected chi connectivity index (χ1v) is 8.53. The monoisotopic (exact) mass is 337 g/mol. The number of hydrogen-bond acceptors (Lipinski definition) is 3. The quantitative estimate of drug-likeness (QED) is 0.915. The standard InChI is InChI=1S/C18H19N5O2/c1-11(17(24)20-16-10-15(21-22-16)13-2-3-13)12-4-6-14(7-5-12)23-9-8-19-18(23)25/h4-7,10-11,13H,2-3,8-9H2,1H3,(H,19,25)/t11-/m0/s1. The van der Waals surface area contributed by atoms with Gasteiger partial charge in [-0.05, 0) is 37.5 Å². The Kier molecular flexibility index (Phi) is 3.91. The minimum atomic E-state index is -0.373. The van der Waals surface area contributed by atoms with E-state index in [0.29, 0.717) is 24.8 Å². The van der Waals surface area contributed by atoms with Crippen molar-refractivity contribution in [1.29, 1.82) is 0 Å². The van der Waals surface area contributed by atoms with Crippen molar-refractivity contribution in [2.75, 3.05) is 18.0 Å². The Morgan fingerprint density at radius 2 is 2.04 bits per heavy atom. The van der Waals surface area contributed by atoms with Crippen molar-refractivity contribution < 1.29 is 9.59 Å². The molecule has 0 radical (unpaired) electrons. The van der Waals surface area contributed by atoms with E-state index < -0.39 is 0 Å². The van der Waals surface area contributed by atoms with Gasteiger partial charge in [0.25, 0.3) is 5.91 Å². The van der Waals surface area contributed by atoms with Gasteiger partial charge in [-0.1, -0.05) is 12.1 Å². The van der Waals surface area contributed by atoms with E-state index in [0.717, 1.165) is 29.8 Å². The van der Waals surface area contributed by atoms with E-state index in [4.69, 9.17) is 0 Å². The number of amidine groups is 1. The average molecular weight is 337 g/mol. The summed E-state index contributed by atoms with van der Waals surface area (Å²) in [7, 11) is 0. The fraction of sp³-hybridized carbons (Fsp3) is 0.389. The summed E-state index contributed by atoms with van der Waals surface area (Å²) in [6.45, 7) is 3.13. The summed E-state index contributed by atoms with van der Waals surface area (Å²) in [5, 5.41) is 10.8. The summed E-state index contributed by atoms with van der Waals surface area (Å²) in [6, 6.07) is 7.36. The van der Waals surface area contributed by atoms with Crippen molar-refractivity contribution >= 4 is 23.5 Å². The van der Waals surface area contributed by atoms with Crippen LogP contribution in [0.25, 0.3) is 0 Å². The molecule has 3 aliphatic rings. The van der Waals surface area contributed by atoms with Gasteiger partial charge in [-0.15, -0.1) is 5.11 Å². The van der Waals surface area contributed by atoms with Crippen LogP contribution in [0.15, 0.2) is 51.3 Å². The lowest BCUT2D eigenvalue weighted by molar-refractivity contribution is -0.118. The van der Waals surface area contributed by atoms with Gasteiger partial charge in [-0.3, -0.25) is 9.69 Å². The lowest BCUT2D eigenvalue weighted by Crippen LogP contribution is -2.27. The van der Waals surface area contributed by atoms with Gasteiger partial charge in [0.2, 0.25) is 0 Å². The first kappa shape index (κ1) is 15.7. The van der Waals surface area contributed by atoms with Crippen LogP contribution in [0.1, 0.15) is 31.2 Å². The molecule has 2 aliphatic heterocycles. The number of nitrogens with zero attached hydrogens (tertiary/aromatic N) is 4. The molecule has 7 heteroatoms. The molecule has 7 nitrogen and oxygen atoms in total. The topological polar surface area (TPSA) is 86.5 Å². The third kappa shape index (κ3) is 3.22. The minimum Gasteiger partial charge on any atom is -0.336 e. The van der Waals surface area contributed by atoms with E-state index >= 15 is 0 Å². The van der Waals surface area contributed by atoms with E-state index in [1.165, 1.54) is 0 Å². The van der Waals surface area contributed by atoms with Crippen LogP contribution < -0.4 is 10.2 Å². The molecule has 0 spiro atoms. The second kappa shape index (κ2) is 6.23. The van der Waals surface area contributed by atoms with Crippen molar-refractivity contribution in [2.45, 2.75) is 25.7 Å². The fourth-order valence-electron chi connectivity index (χ4n) is 2.95. The molecule has 3 amide bonds. The molecule has 1 aromatic rings. The van der Waals surface area contributed by atoms with Gasteiger partial charge >= 0.3 is 6.03 Å². The number of benzene rings is 1. The molecule has 1 saturated heterocycles. The predicted octanol–water partition coefficient (Wildman–Crippen LogP) is 3.00. The largest absolute Gasteiger partial charge is 0.336 e. The van der Waals surface area contributed by atoms with Crippen molar-refractivity contribution in [2.24, 2.45) is 21.1 Å². The molecule has 0 aromatic heterocycles. The lowest BCUT2D eigenvalue weighted by Gasteiger charge is -2.15. The van der Waals surface area contributed by atoms with Crippen LogP contribution >= 0.6 is 0 Å². The Balaban J connectivity index is 1.45. The molecule has 25 heavy (non-hydrogen) atoms. The van der Waals surface area contributed by atoms with Crippen LogP contribution in [-0.4, -0.2) is 30.9 Å². The summed E-state index contributed by atoms with van der Waals surface area (Å²) >= 11 is 0. The van der Waals surface area contributed by atoms with Crippen LogP contribution in [0, 0.1) is 5.92 Å². The molecule has 1 saturated carbocycles. The number of carbonyl (C=O) groups excluding carboxylic acids is 2. The molecule has 4 rings (SSSR count). The predicted molar refractivity (Wildman–Crippen MR) is 93.7 cm³/mol.